The lowest BCUT2D eigenvalue weighted by Crippen LogP contribution is -2.26. The fraction of sp³-hybridized carbons (Fsp3) is 0.290. The van der Waals surface area contributed by atoms with Crippen LogP contribution in [0.2, 0.25) is 0 Å². The highest BCUT2D eigenvalue weighted by molar-refractivity contribution is 5.98. The predicted octanol–water partition coefficient (Wildman–Crippen LogP) is 5.15. The number of pyridine rings is 1. The van der Waals surface area contributed by atoms with E-state index >= 15 is 0 Å². The summed E-state index contributed by atoms with van der Waals surface area (Å²) in [7, 11) is 1.54. The third-order valence-corrected chi connectivity index (χ3v) is 8.16. The van der Waals surface area contributed by atoms with Crippen LogP contribution in [0.3, 0.4) is 0 Å². The van der Waals surface area contributed by atoms with Crippen LogP contribution in [0.4, 0.5) is 5.69 Å². The molecule has 0 spiro atoms. The van der Waals surface area contributed by atoms with Gasteiger partial charge >= 0.3 is 5.97 Å². The Balaban J connectivity index is 1.47. The van der Waals surface area contributed by atoms with Crippen molar-refractivity contribution in [2.45, 2.75) is 38.8 Å². The Bertz CT molecular complexity index is 1800. The molecule has 1 N–H and O–H groups in total. The second kappa shape index (κ2) is 9.51. The van der Waals surface area contributed by atoms with Crippen LogP contribution in [0.25, 0.3) is 33.6 Å². The molecular weight excluding hydrogens is 506 g/mol. The maximum Gasteiger partial charge on any atom is 0.335 e. The molecule has 0 saturated carbocycles. The van der Waals surface area contributed by atoms with Gasteiger partial charge in [0.05, 0.1) is 23.9 Å². The number of carbonyl (C=O) groups excluding carboxylic acids is 1. The van der Waals surface area contributed by atoms with E-state index in [1.807, 2.05) is 23.1 Å². The number of amides is 1. The van der Waals surface area contributed by atoms with Crippen molar-refractivity contribution >= 4 is 39.6 Å². The summed E-state index contributed by atoms with van der Waals surface area (Å²) >= 11 is 0. The first-order valence-electron chi connectivity index (χ1n) is 13.7. The lowest BCUT2D eigenvalue weighted by atomic mass is 10.0. The molecule has 2 bridgehead atoms. The zero-order chi connectivity index (χ0) is 27.4. The Morgan fingerprint density at radius 1 is 1.05 bits per heavy atom. The van der Waals surface area contributed by atoms with Gasteiger partial charge in [-0.1, -0.05) is 18.2 Å². The van der Waals surface area contributed by atoms with Gasteiger partial charge in [0.25, 0.3) is 0 Å². The van der Waals surface area contributed by atoms with E-state index in [1.54, 1.807) is 25.4 Å². The minimum absolute atomic E-state index is 0.0412. The van der Waals surface area contributed by atoms with Gasteiger partial charge in [-0.2, -0.15) is 0 Å². The summed E-state index contributed by atoms with van der Waals surface area (Å²) in [5.74, 6) is 0.291. The van der Waals surface area contributed by atoms with E-state index in [-0.39, 0.29) is 17.4 Å². The number of rotatable bonds is 2. The summed E-state index contributed by atoms with van der Waals surface area (Å²) in [6, 6.07) is 17.5. The number of carboxylic acids is 1. The number of aromatic nitrogens is 4. The average Bonchev–Trinajstić information content (AvgIpc) is 3.63. The van der Waals surface area contributed by atoms with E-state index in [0.717, 1.165) is 59.6 Å². The van der Waals surface area contributed by atoms with Crippen molar-refractivity contribution in [3.05, 3.63) is 71.9 Å². The third kappa shape index (κ3) is 3.92. The first-order valence-corrected chi connectivity index (χ1v) is 13.7. The molecule has 40 heavy (non-hydrogen) atoms. The molecule has 2 aromatic carbocycles. The van der Waals surface area contributed by atoms with Crippen LogP contribution in [-0.4, -0.2) is 49.7 Å². The largest absolute Gasteiger partial charge is 0.494 e. The topological polar surface area (TPSA) is 102 Å². The van der Waals surface area contributed by atoms with Crippen molar-refractivity contribution < 1.29 is 19.4 Å². The summed E-state index contributed by atoms with van der Waals surface area (Å²) in [5, 5.41) is 10.8. The number of imidazole rings is 1. The second-order valence-corrected chi connectivity index (χ2v) is 10.7. The average molecular weight is 536 g/mol. The van der Waals surface area contributed by atoms with Gasteiger partial charge in [-0.25, -0.2) is 14.8 Å². The summed E-state index contributed by atoms with van der Waals surface area (Å²) in [5.41, 5.74) is 5.40. The zero-order valence-electron chi connectivity index (χ0n) is 22.2. The highest BCUT2D eigenvalue weighted by atomic mass is 16.5. The van der Waals surface area contributed by atoms with E-state index in [2.05, 4.69) is 33.4 Å². The number of hydrogen-bond acceptors (Lipinski definition) is 5. The van der Waals surface area contributed by atoms with Crippen LogP contribution in [0.15, 0.2) is 60.8 Å². The van der Waals surface area contributed by atoms with Crippen LogP contribution in [0.5, 0.6) is 5.75 Å². The standard InChI is InChI=1S/C31H29N5O4/c1-40-26-16-22(31(38)39)14-23-28(26)36-18-19-13-27(37)35(17-19)24-10-3-2-7-20(24)8-4-5-12-34-25(30(36)33-23)15-21-9-6-11-32-29(21)34/h2-3,6-7,9-11,14-16,19H,4-5,8,12-13,17-18H2,1H3,(H,38,39). The third-order valence-electron chi connectivity index (χ3n) is 8.16. The number of hydrogen-bond donors (Lipinski definition) is 1. The number of benzene rings is 2. The highest BCUT2D eigenvalue weighted by Crippen LogP contribution is 2.38. The van der Waals surface area contributed by atoms with Gasteiger partial charge in [0, 0.05) is 49.2 Å². The van der Waals surface area contributed by atoms with Gasteiger partial charge in [-0.3, -0.25) is 4.79 Å². The lowest BCUT2D eigenvalue weighted by molar-refractivity contribution is -0.117. The van der Waals surface area contributed by atoms with E-state index in [1.165, 1.54) is 5.56 Å². The zero-order valence-corrected chi connectivity index (χ0v) is 22.2. The molecule has 0 aliphatic carbocycles. The molecule has 202 valence electrons. The van der Waals surface area contributed by atoms with Crippen molar-refractivity contribution in [1.82, 2.24) is 19.1 Å². The molecule has 1 fully saturated rings. The molecule has 7 rings (SSSR count). The quantitative estimate of drug-likeness (QED) is 0.335. The lowest BCUT2D eigenvalue weighted by Gasteiger charge is -2.22. The second-order valence-electron chi connectivity index (χ2n) is 10.7. The molecule has 5 heterocycles. The molecule has 1 atom stereocenters. The smallest absolute Gasteiger partial charge is 0.335 e. The van der Waals surface area contributed by atoms with E-state index < -0.39 is 5.97 Å². The molecule has 1 saturated heterocycles. The van der Waals surface area contributed by atoms with Crippen LogP contribution in [0.1, 0.15) is 35.2 Å². The Kier molecular flexibility index (Phi) is 5.80. The predicted molar refractivity (Wildman–Crippen MR) is 152 cm³/mol. The number of carboxylic acid groups (broad SMARTS) is 1. The number of carbonyl (C=O) groups is 2. The molecule has 3 aromatic heterocycles. The summed E-state index contributed by atoms with van der Waals surface area (Å²) in [4.78, 5) is 36.9. The number of para-hydroxylation sites is 1. The molecule has 9 nitrogen and oxygen atoms in total. The molecule has 2 aliphatic heterocycles. The number of aromatic carboxylic acids is 1. The van der Waals surface area contributed by atoms with Crippen molar-refractivity contribution in [3.63, 3.8) is 0 Å². The minimum atomic E-state index is -1.04. The van der Waals surface area contributed by atoms with Gasteiger partial charge in [0.1, 0.15) is 16.9 Å². The number of anilines is 1. The van der Waals surface area contributed by atoms with Gasteiger partial charge in [0.15, 0.2) is 5.82 Å². The summed E-state index contributed by atoms with van der Waals surface area (Å²) in [6.07, 6.45) is 5.00. The van der Waals surface area contributed by atoms with Gasteiger partial charge < -0.3 is 23.9 Å². The fourth-order valence-corrected chi connectivity index (χ4v) is 6.35. The number of fused-ring (bicyclic) bond motifs is 11. The maximum absolute atomic E-state index is 13.3. The first kappa shape index (κ1) is 24.4. The molecule has 1 unspecified atom stereocenters. The van der Waals surface area contributed by atoms with Gasteiger partial charge in [-0.05, 0) is 61.2 Å². The van der Waals surface area contributed by atoms with E-state index in [0.29, 0.717) is 30.8 Å². The SMILES string of the molecule is COc1cc(C(=O)O)cc2nc3n(c12)CC1CC(=O)N(C1)c1ccccc1CCCCn1c-3cc2cccnc21. The van der Waals surface area contributed by atoms with Crippen LogP contribution in [0, 0.1) is 5.92 Å². The number of methoxy groups -OCH3 is 1. The molecule has 5 aromatic rings. The van der Waals surface area contributed by atoms with Crippen molar-refractivity contribution in [1.29, 1.82) is 0 Å². The highest BCUT2D eigenvalue weighted by Gasteiger charge is 2.34. The first-order chi connectivity index (χ1) is 19.5. The Hall–Kier alpha value is -4.66. The number of nitrogens with zero attached hydrogens (tertiary/aromatic N) is 5. The molecule has 1 amide bonds. The van der Waals surface area contributed by atoms with E-state index in [4.69, 9.17) is 14.7 Å². The van der Waals surface area contributed by atoms with Gasteiger partial charge in [-0.15, -0.1) is 0 Å². The monoisotopic (exact) mass is 535 g/mol. The Morgan fingerprint density at radius 2 is 1.93 bits per heavy atom. The molecular formula is C31H29N5O4. The van der Waals surface area contributed by atoms with Crippen LogP contribution in [-0.2, 0) is 24.3 Å². The van der Waals surface area contributed by atoms with Crippen molar-refractivity contribution in [2.75, 3.05) is 18.6 Å². The Labute approximate surface area is 230 Å². The molecule has 9 heteroatoms. The summed E-state index contributed by atoms with van der Waals surface area (Å²) in [6.45, 7) is 1.90. The minimum Gasteiger partial charge on any atom is -0.494 e. The van der Waals surface area contributed by atoms with Crippen molar-refractivity contribution in [3.8, 4) is 17.3 Å². The van der Waals surface area contributed by atoms with Gasteiger partial charge in [0.2, 0.25) is 5.91 Å². The van der Waals surface area contributed by atoms with Crippen LogP contribution >= 0.6 is 0 Å². The Morgan fingerprint density at radius 3 is 2.77 bits per heavy atom. The molecule has 0 radical (unpaired) electrons. The summed E-state index contributed by atoms with van der Waals surface area (Å²) < 4.78 is 10.1. The normalized spacial score (nSPS) is 17.4. The van der Waals surface area contributed by atoms with Crippen LogP contribution < -0.4 is 9.64 Å². The number of ether oxygens (including phenoxy) is 1. The van der Waals surface area contributed by atoms with Crippen molar-refractivity contribution in [2.24, 2.45) is 5.92 Å². The fourth-order valence-electron chi connectivity index (χ4n) is 6.35. The number of aryl methyl sites for hydroxylation is 2. The molecule has 2 aliphatic rings. The van der Waals surface area contributed by atoms with E-state index in [9.17, 15) is 14.7 Å². The maximum atomic E-state index is 13.3.